The summed E-state index contributed by atoms with van der Waals surface area (Å²) in [6.07, 6.45) is 1.50. The van der Waals surface area contributed by atoms with Gasteiger partial charge in [0.1, 0.15) is 5.75 Å². The summed E-state index contributed by atoms with van der Waals surface area (Å²) in [5.74, 6) is -0.159. The molecule has 0 bridgehead atoms. The van der Waals surface area contributed by atoms with Crippen LogP contribution in [0.5, 0.6) is 5.75 Å². The zero-order valence-electron chi connectivity index (χ0n) is 20.2. The van der Waals surface area contributed by atoms with Crippen LogP contribution in [0.4, 0.5) is 5.69 Å². The lowest BCUT2D eigenvalue weighted by Gasteiger charge is -2.19. The van der Waals surface area contributed by atoms with E-state index in [0.717, 1.165) is 23.4 Å². The Labute approximate surface area is 215 Å². The zero-order valence-corrected chi connectivity index (χ0v) is 21.0. The van der Waals surface area contributed by atoms with E-state index in [1.54, 1.807) is 55.6 Å². The van der Waals surface area contributed by atoms with Crippen molar-refractivity contribution in [2.24, 2.45) is 5.10 Å². The zero-order chi connectivity index (χ0) is 25.9. The number of nitrogens with one attached hydrogen (secondary N) is 2. The van der Waals surface area contributed by atoms with Gasteiger partial charge >= 0.3 is 0 Å². The lowest BCUT2D eigenvalue weighted by molar-refractivity contribution is 0.0956. The van der Waals surface area contributed by atoms with E-state index in [1.807, 2.05) is 19.1 Å². The first-order valence-electron chi connectivity index (χ1n) is 11.4. The number of ether oxygens (including phenoxy) is 1. The van der Waals surface area contributed by atoms with Crippen molar-refractivity contribution in [3.63, 3.8) is 0 Å². The van der Waals surface area contributed by atoms with Crippen LogP contribution in [0.2, 0.25) is 5.02 Å². The Morgan fingerprint density at radius 2 is 1.78 bits per heavy atom. The predicted octanol–water partition coefficient (Wildman–Crippen LogP) is 4.18. The quantitative estimate of drug-likeness (QED) is 0.266. The van der Waals surface area contributed by atoms with Gasteiger partial charge in [0.2, 0.25) is 0 Å². The molecule has 3 aromatic rings. The molecule has 3 aromatic carbocycles. The molecule has 3 rings (SSSR count). The topological polar surface area (TPSA) is 103 Å². The Balaban J connectivity index is 1.67. The molecular weight excluding hydrogens is 480 g/mol. The first-order chi connectivity index (χ1) is 17.4. The third-order valence-corrected chi connectivity index (χ3v) is 5.69. The fourth-order valence-electron chi connectivity index (χ4n) is 3.43. The maximum Gasteiger partial charge on any atom is 0.273 e. The molecule has 0 radical (unpaired) electrons. The van der Waals surface area contributed by atoms with Gasteiger partial charge in [-0.25, -0.2) is 5.43 Å². The number of hydrogen-bond acceptors (Lipinski definition) is 6. The van der Waals surface area contributed by atoms with Gasteiger partial charge in [0, 0.05) is 23.7 Å². The Morgan fingerprint density at radius 1 is 1.06 bits per heavy atom. The van der Waals surface area contributed by atoms with Crippen molar-refractivity contribution in [2.75, 3.05) is 32.1 Å². The molecule has 0 saturated heterocycles. The highest BCUT2D eigenvalue weighted by atomic mass is 35.5. The SMILES string of the molecule is CCN(CCO)Cc1ccc(C(=O)Nc2ccc(Cl)cc2C(=O)N/N=C/c2ccc(OC)cc2)cc1. The molecular formula is C27H29ClN4O4. The maximum atomic E-state index is 12.9. The van der Waals surface area contributed by atoms with E-state index < -0.39 is 5.91 Å². The number of anilines is 1. The highest BCUT2D eigenvalue weighted by Crippen LogP contribution is 2.22. The van der Waals surface area contributed by atoms with Crippen molar-refractivity contribution in [3.05, 3.63) is 94.0 Å². The molecule has 0 fully saturated rings. The van der Waals surface area contributed by atoms with Gasteiger partial charge in [-0.3, -0.25) is 14.5 Å². The fraction of sp³-hybridized carbons (Fsp3) is 0.222. The van der Waals surface area contributed by atoms with Crippen LogP contribution >= 0.6 is 11.6 Å². The molecule has 0 saturated carbocycles. The number of amides is 2. The molecule has 0 atom stereocenters. The summed E-state index contributed by atoms with van der Waals surface area (Å²) < 4.78 is 5.12. The van der Waals surface area contributed by atoms with Crippen molar-refractivity contribution in [2.45, 2.75) is 13.5 Å². The predicted molar refractivity (Wildman–Crippen MR) is 142 cm³/mol. The van der Waals surface area contributed by atoms with Gasteiger partial charge in [-0.05, 0) is 72.3 Å². The number of methoxy groups -OCH3 is 1. The highest BCUT2D eigenvalue weighted by molar-refractivity contribution is 6.31. The minimum Gasteiger partial charge on any atom is -0.497 e. The van der Waals surface area contributed by atoms with Crippen molar-refractivity contribution in [3.8, 4) is 5.75 Å². The average Bonchev–Trinajstić information content (AvgIpc) is 2.90. The number of hydrogen-bond donors (Lipinski definition) is 3. The third kappa shape index (κ3) is 7.64. The first kappa shape index (κ1) is 26.9. The van der Waals surface area contributed by atoms with E-state index in [9.17, 15) is 9.59 Å². The third-order valence-electron chi connectivity index (χ3n) is 5.46. The lowest BCUT2D eigenvalue weighted by atomic mass is 10.1. The van der Waals surface area contributed by atoms with Gasteiger partial charge in [0.15, 0.2) is 0 Å². The minimum atomic E-state index is -0.517. The Kier molecular flexibility index (Phi) is 10.00. The van der Waals surface area contributed by atoms with E-state index in [4.69, 9.17) is 21.4 Å². The molecule has 188 valence electrons. The second kappa shape index (κ2) is 13.4. The number of halogens is 1. The second-order valence-corrected chi connectivity index (χ2v) is 8.34. The first-order valence-corrected chi connectivity index (χ1v) is 11.8. The molecule has 9 heteroatoms. The number of likely N-dealkylation sites (N-methyl/N-ethyl adjacent to an activating group) is 1. The Bertz CT molecular complexity index is 1200. The lowest BCUT2D eigenvalue weighted by Crippen LogP contribution is -2.26. The summed E-state index contributed by atoms with van der Waals surface area (Å²) in [7, 11) is 1.58. The molecule has 2 amide bonds. The monoisotopic (exact) mass is 508 g/mol. The molecule has 0 aliphatic heterocycles. The normalized spacial score (nSPS) is 11.0. The summed E-state index contributed by atoms with van der Waals surface area (Å²) in [6.45, 7) is 4.20. The number of aliphatic hydroxyl groups excluding tert-OH is 1. The van der Waals surface area contributed by atoms with Crippen LogP contribution in [-0.4, -0.2) is 54.8 Å². The molecule has 0 spiro atoms. The van der Waals surface area contributed by atoms with Crippen LogP contribution in [-0.2, 0) is 6.54 Å². The summed E-state index contributed by atoms with van der Waals surface area (Å²) in [6, 6.07) is 19.0. The van der Waals surface area contributed by atoms with Gasteiger partial charge in [-0.2, -0.15) is 5.10 Å². The standard InChI is InChI=1S/C27H29ClN4O4/c1-3-32(14-15-33)18-20-4-8-21(9-5-20)26(34)30-25-13-10-22(28)16-24(25)27(35)31-29-17-19-6-11-23(36-2)12-7-19/h4-13,16-17,33H,3,14-15,18H2,1-2H3,(H,30,34)(H,31,35)/b29-17+. The van der Waals surface area contributed by atoms with Gasteiger partial charge in [0.25, 0.3) is 11.8 Å². The molecule has 0 aliphatic rings. The minimum absolute atomic E-state index is 0.0954. The van der Waals surface area contributed by atoms with Crippen LogP contribution in [0, 0.1) is 0 Å². The van der Waals surface area contributed by atoms with Crippen LogP contribution in [0.15, 0.2) is 71.8 Å². The summed E-state index contributed by atoms with van der Waals surface area (Å²) in [5.41, 5.74) is 5.21. The molecule has 0 unspecified atom stereocenters. The van der Waals surface area contributed by atoms with Crippen LogP contribution in [0.3, 0.4) is 0 Å². The van der Waals surface area contributed by atoms with Crippen LogP contribution in [0.1, 0.15) is 38.8 Å². The van der Waals surface area contributed by atoms with E-state index in [-0.39, 0.29) is 18.1 Å². The smallest absolute Gasteiger partial charge is 0.273 e. The molecule has 0 aromatic heterocycles. The fourth-order valence-corrected chi connectivity index (χ4v) is 3.61. The van der Waals surface area contributed by atoms with Gasteiger partial charge in [-0.1, -0.05) is 30.7 Å². The maximum absolute atomic E-state index is 12.9. The van der Waals surface area contributed by atoms with E-state index in [1.165, 1.54) is 12.3 Å². The number of hydrazone groups is 1. The highest BCUT2D eigenvalue weighted by Gasteiger charge is 2.15. The molecule has 0 heterocycles. The number of benzene rings is 3. The van der Waals surface area contributed by atoms with Crippen molar-refractivity contribution in [1.29, 1.82) is 0 Å². The van der Waals surface area contributed by atoms with E-state index >= 15 is 0 Å². The number of nitrogens with zero attached hydrogens (tertiary/aromatic N) is 2. The average molecular weight is 509 g/mol. The Hall–Kier alpha value is -3.72. The van der Waals surface area contributed by atoms with E-state index in [0.29, 0.717) is 29.4 Å². The van der Waals surface area contributed by atoms with Crippen LogP contribution < -0.4 is 15.5 Å². The van der Waals surface area contributed by atoms with Crippen molar-refractivity contribution in [1.82, 2.24) is 10.3 Å². The van der Waals surface area contributed by atoms with Crippen molar-refractivity contribution < 1.29 is 19.4 Å². The Morgan fingerprint density at radius 3 is 2.42 bits per heavy atom. The van der Waals surface area contributed by atoms with E-state index in [2.05, 4.69) is 20.7 Å². The largest absolute Gasteiger partial charge is 0.497 e. The van der Waals surface area contributed by atoms with Gasteiger partial charge in [0.05, 0.1) is 31.2 Å². The van der Waals surface area contributed by atoms with Gasteiger partial charge < -0.3 is 15.2 Å². The molecule has 8 nitrogen and oxygen atoms in total. The van der Waals surface area contributed by atoms with Crippen molar-refractivity contribution >= 4 is 35.3 Å². The number of aliphatic hydroxyl groups is 1. The number of carbonyl (C=O) groups is 2. The summed E-state index contributed by atoms with van der Waals surface area (Å²) >= 11 is 6.10. The molecule has 0 aliphatic carbocycles. The number of carbonyl (C=O) groups excluding carboxylic acids is 2. The second-order valence-electron chi connectivity index (χ2n) is 7.91. The number of rotatable bonds is 11. The summed E-state index contributed by atoms with van der Waals surface area (Å²) in [5, 5.41) is 16.3. The molecule has 3 N–H and O–H groups in total. The van der Waals surface area contributed by atoms with Crippen LogP contribution in [0.25, 0.3) is 0 Å². The summed E-state index contributed by atoms with van der Waals surface area (Å²) in [4.78, 5) is 27.7. The van der Waals surface area contributed by atoms with Gasteiger partial charge in [-0.15, -0.1) is 0 Å². The molecule has 36 heavy (non-hydrogen) atoms.